The average molecular weight is 335 g/mol. The molecule has 0 aromatic carbocycles. The Morgan fingerprint density at radius 2 is 2.15 bits per heavy atom. The van der Waals surface area contributed by atoms with Crippen LogP contribution in [0.25, 0.3) is 0 Å². The van der Waals surface area contributed by atoms with Gasteiger partial charge in [-0.2, -0.15) is 0 Å². The molecule has 0 aliphatic heterocycles. The Balaban J connectivity index is 1.61. The number of nitrogens with zero attached hydrogens (tertiary/aromatic N) is 2. The van der Waals surface area contributed by atoms with Crippen molar-refractivity contribution in [3.8, 4) is 0 Å². The van der Waals surface area contributed by atoms with E-state index in [1.807, 2.05) is 24.5 Å². The summed E-state index contributed by atoms with van der Waals surface area (Å²) in [4.78, 5) is 8.41. The van der Waals surface area contributed by atoms with Crippen LogP contribution in [0.1, 0.15) is 17.5 Å². The third-order valence-electron chi connectivity index (χ3n) is 2.94. The van der Waals surface area contributed by atoms with Crippen LogP contribution in [0.5, 0.6) is 0 Å². The van der Waals surface area contributed by atoms with E-state index < -0.39 is 0 Å². The molecule has 2 rings (SSSR count). The van der Waals surface area contributed by atoms with Gasteiger partial charge in [-0.15, -0.1) is 0 Å². The number of hydrogen-bond donors (Lipinski definition) is 2. The topological polar surface area (TPSA) is 49.8 Å². The lowest BCUT2D eigenvalue weighted by Gasteiger charge is -2.08. The number of aromatic nitrogens is 2. The number of aryl methyl sites for hydroxylation is 1. The Morgan fingerprint density at radius 1 is 1.25 bits per heavy atom. The molecule has 0 atom stereocenters. The number of rotatable bonds is 7. The van der Waals surface area contributed by atoms with E-state index in [-0.39, 0.29) is 0 Å². The molecule has 0 fully saturated rings. The fourth-order valence-corrected chi connectivity index (χ4v) is 2.02. The van der Waals surface area contributed by atoms with Gasteiger partial charge in [0.15, 0.2) is 0 Å². The summed E-state index contributed by atoms with van der Waals surface area (Å²) >= 11 is 3.45. The summed E-state index contributed by atoms with van der Waals surface area (Å²) in [6.07, 6.45) is 6.57. The first-order valence-electron chi connectivity index (χ1n) is 6.71. The van der Waals surface area contributed by atoms with E-state index in [1.54, 1.807) is 6.20 Å². The number of halogens is 1. The molecule has 0 unspecified atom stereocenters. The standard InChI is InChI=1S/C15H19BrN4/c1-12-8-15(20-11-14(12)16)19-7-3-6-18-10-13-4-2-5-17-9-13/h2,4-5,8-9,11,18H,3,6-7,10H2,1H3,(H,19,20). The van der Waals surface area contributed by atoms with Gasteiger partial charge in [0.25, 0.3) is 0 Å². The number of anilines is 1. The van der Waals surface area contributed by atoms with Crippen molar-refractivity contribution >= 4 is 21.7 Å². The summed E-state index contributed by atoms with van der Waals surface area (Å²) in [6, 6.07) is 6.08. The first-order valence-corrected chi connectivity index (χ1v) is 7.50. The highest BCUT2D eigenvalue weighted by molar-refractivity contribution is 9.10. The summed E-state index contributed by atoms with van der Waals surface area (Å²) in [5.41, 5.74) is 2.41. The quantitative estimate of drug-likeness (QED) is 0.764. The molecule has 2 heterocycles. The summed E-state index contributed by atoms with van der Waals surface area (Å²) < 4.78 is 1.04. The van der Waals surface area contributed by atoms with Gasteiger partial charge in [-0.1, -0.05) is 6.07 Å². The fraction of sp³-hybridized carbons (Fsp3) is 0.333. The van der Waals surface area contributed by atoms with Crippen molar-refractivity contribution in [2.24, 2.45) is 0 Å². The van der Waals surface area contributed by atoms with Crippen LogP contribution in [-0.4, -0.2) is 23.1 Å². The number of hydrogen-bond acceptors (Lipinski definition) is 4. The number of pyridine rings is 2. The van der Waals surface area contributed by atoms with Crippen molar-refractivity contribution < 1.29 is 0 Å². The molecule has 0 bridgehead atoms. The maximum absolute atomic E-state index is 4.32. The molecule has 106 valence electrons. The number of nitrogens with one attached hydrogen (secondary N) is 2. The van der Waals surface area contributed by atoms with Gasteiger partial charge >= 0.3 is 0 Å². The Bertz CT molecular complexity index is 531. The predicted octanol–water partition coefficient (Wildman–Crippen LogP) is 3.14. The SMILES string of the molecule is Cc1cc(NCCCNCc2cccnc2)ncc1Br. The molecule has 0 saturated carbocycles. The Kier molecular flexibility index (Phi) is 5.95. The van der Waals surface area contributed by atoms with Crippen LogP contribution in [0.2, 0.25) is 0 Å². The molecule has 4 nitrogen and oxygen atoms in total. The van der Waals surface area contributed by atoms with Crippen LogP contribution >= 0.6 is 15.9 Å². The molecule has 0 radical (unpaired) electrons. The van der Waals surface area contributed by atoms with Crippen molar-refractivity contribution in [1.29, 1.82) is 0 Å². The van der Waals surface area contributed by atoms with Gasteiger partial charge in [-0.25, -0.2) is 4.98 Å². The van der Waals surface area contributed by atoms with E-state index in [9.17, 15) is 0 Å². The van der Waals surface area contributed by atoms with Gasteiger partial charge in [0.05, 0.1) is 0 Å². The monoisotopic (exact) mass is 334 g/mol. The second-order valence-corrected chi connectivity index (χ2v) is 5.49. The molecule has 5 heteroatoms. The van der Waals surface area contributed by atoms with Crippen molar-refractivity contribution in [1.82, 2.24) is 15.3 Å². The van der Waals surface area contributed by atoms with E-state index in [0.29, 0.717) is 0 Å². The summed E-state index contributed by atoms with van der Waals surface area (Å²) in [7, 11) is 0. The zero-order valence-electron chi connectivity index (χ0n) is 11.6. The van der Waals surface area contributed by atoms with Crippen LogP contribution in [0.15, 0.2) is 41.3 Å². The van der Waals surface area contributed by atoms with Crippen molar-refractivity contribution in [2.75, 3.05) is 18.4 Å². The van der Waals surface area contributed by atoms with Crippen LogP contribution in [0.3, 0.4) is 0 Å². The minimum Gasteiger partial charge on any atom is -0.370 e. The van der Waals surface area contributed by atoms with Gasteiger partial charge in [0.1, 0.15) is 5.82 Å². The highest BCUT2D eigenvalue weighted by Crippen LogP contribution is 2.16. The van der Waals surface area contributed by atoms with Crippen LogP contribution < -0.4 is 10.6 Å². The second kappa shape index (κ2) is 7.97. The first-order chi connectivity index (χ1) is 9.75. The van der Waals surface area contributed by atoms with Crippen LogP contribution in [-0.2, 0) is 6.54 Å². The normalized spacial score (nSPS) is 10.5. The van der Waals surface area contributed by atoms with Crippen molar-refractivity contribution in [2.45, 2.75) is 19.9 Å². The summed E-state index contributed by atoms with van der Waals surface area (Å²) in [6.45, 7) is 4.81. The van der Waals surface area contributed by atoms with E-state index >= 15 is 0 Å². The molecular weight excluding hydrogens is 316 g/mol. The van der Waals surface area contributed by atoms with E-state index in [4.69, 9.17) is 0 Å². The maximum Gasteiger partial charge on any atom is 0.126 e. The summed E-state index contributed by atoms with van der Waals surface area (Å²) in [5, 5.41) is 6.73. The third-order valence-corrected chi connectivity index (χ3v) is 3.77. The van der Waals surface area contributed by atoms with Gasteiger partial charge < -0.3 is 10.6 Å². The minimum atomic E-state index is 0.865. The third kappa shape index (κ3) is 4.90. The fourth-order valence-electron chi connectivity index (χ4n) is 1.80. The second-order valence-electron chi connectivity index (χ2n) is 4.64. The predicted molar refractivity (Wildman–Crippen MR) is 85.7 cm³/mol. The highest BCUT2D eigenvalue weighted by atomic mass is 79.9. The van der Waals surface area contributed by atoms with E-state index in [1.165, 1.54) is 11.1 Å². The molecule has 2 aromatic heterocycles. The molecule has 0 aliphatic carbocycles. The van der Waals surface area contributed by atoms with Gasteiger partial charge in [0.2, 0.25) is 0 Å². The van der Waals surface area contributed by atoms with Crippen molar-refractivity contribution in [3.05, 3.63) is 52.4 Å². The Hall–Kier alpha value is -1.46. The lowest BCUT2D eigenvalue weighted by atomic mass is 10.3. The van der Waals surface area contributed by atoms with Gasteiger partial charge in [-0.3, -0.25) is 4.98 Å². The molecule has 0 aliphatic rings. The molecule has 20 heavy (non-hydrogen) atoms. The van der Waals surface area contributed by atoms with Crippen LogP contribution in [0, 0.1) is 6.92 Å². The molecule has 0 saturated heterocycles. The van der Waals surface area contributed by atoms with Gasteiger partial charge in [-0.05, 0) is 59.1 Å². The summed E-state index contributed by atoms with van der Waals surface area (Å²) in [5.74, 6) is 0.929. The zero-order chi connectivity index (χ0) is 14.2. The molecular formula is C15H19BrN4. The van der Waals surface area contributed by atoms with E-state index in [0.717, 1.165) is 36.3 Å². The zero-order valence-corrected chi connectivity index (χ0v) is 13.2. The lowest BCUT2D eigenvalue weighted by molar-refractivity contribution is 0.661. The van der Waals surface area contributed by atoms with E-state index in [2.05, 4.69) is 49.5 Å². The average Bonchev–Trinajstić information content (AvgIpc) is 2.47. The lowest BCUT2D eigenvalue weighted by Crippen LogP contribution is -2.18. The smallest absolute Gasteiger partial charge is 0.126 e. The van der Waals surface area contributed by atoms with Gasteiger partial charge in [0, 0.05) is 36.2 Å². The Morgan fingerprint density at radius 3 is 2.90 bits per heavy atom. The molecule has 2 N–H and O–H groups in total. The van der Waals surface area contributed by atoms with Crippen LogP contribution in [0.4, 0.5) is 5.82 Å². The molecule has 2 aromatic rings. The molecule has 0 spiro atoms. The first kappa shape index (κ1) is 14.9. The Labute approximate surface area is 128 Å². The largest absolute Gasteiger partial charge is 0.370 e. The van der Waals surface area contributed by atoms with Crippen molar-refractivity contribution in [3.63, 3.8) is 0 Å². The highest BCUT2D eigenvalue weighted by Gasteiger charge is 1.98. The maximum atomic E-state index is 4.32. The molecule has 0 amide bonds. The minimum absolute atomic E-state index is 0.865.